The van der Waals surface area contributed by atoms with Gasteiger partial charge in [-0.15, -0.1) is 0 Å². The second kappa shape index (κ2) is 8.69. The third-order valence-corrected chi connectivity index (χ3v) is 5.51. The number of para-hydroxylation sites is 1. The van der Waals surface area contributed by atoms with Gasteiger partial charge in [-0.1, -0.05) is 24.6 Å². The lowest BCUT2D eigenvalue weighted by Crippen LogP contribution is -2.35. The molecule has 0 radical (unpaired) electrons. The van der Waals surface area contributed by atoms with E-state index in [1.54, 1.807) is 0 Å². The molecule has 1 aliphatic carbocycles. The minimum absolute atomic E-state index is 0.0690. The number of pyridine rings is 1. The van der Waals surface area contributed by atoms with Crippen LogP contribution in [0.2, 0.25) is 0 Å². The Hall–Kier alpha value is -2.47. The minimum atomic E-state index is -0.441. The highest BCUT2D eigenvalue weighted by Gasteiger charge is 2.23. The zero-order chi connectivity index (χ0) is 19.3. The Kier molecular flexibility index (Phi) is 5.86. The van der Waals surface area contributed by atoms with E-state index in [-0.39, 0.29) is 18.6 Å². The summed E-state index contributed by atoms with van der Waals surface area (Å²) in [7, 11) is 0. The molecule has 0 spiro atoms. The SMILES string of the molecule is O=C(COC(=O)c1c2c(nc3ccccc13)CCCCC2)NC[C@@H]1CCCO1. The van der Waals surface area contributed by atoms with Gasteiger partial charge in [0.25, 0.3) is 5.91 Å². The van der Waals surface area contributed by atoms with Crippen molar-refractivity contribution in [3.8, 4) is 0 Å². The van der Waals surface area contributed by atoms with Gasteiger partial charge >= 0.3 is 5.97 Å². The van der Waals surface area contributed by atoms with Gasteiger partial charge in [-0.2, -0.15) is 0 Å². The molecule has 1 saturated heterocycles. The first-order valence-corrected chi connectivity index (χ1v) is 10.2. The van der Waals surface area contributed by atoms with Crippen LogP contribution in [0, 0.1) is 0 Å². The number of ether oxygens (including phenoxy) is 2. The number of carbonyl (C=O) groups is 2. The Morgan fingerprint density at radius 1 is 1.14 bits per heavy atom. The minimum Gasteiger partial charge on any atom is -0.452 e. The maximum atomic E-state index is 13.0. The second-order valence-electron chi connectivity index (χ2n) is 7.51. The number of esters is 1. The quantitative estimate of drug-likeness (QED) is 0.635. The molecule has 1 aliphatic heterocycles. The molecule has 6 heteroatoms. The Balaban J connectivity index is 1.50. The molecule has 1 N–H and O–H groups in total. The molecule has 2 aliphatic rings. The number of rotatable bonds is 5. The predicted octanol–water partition coefficient (Wildman–Crippen LogP) is 2.96. The third kappa shape index (κ3) is 4.17. The lowest BCUT2D eigenvalue weighted by atomic mass is 9.97. The monoisotopic (exact) mass is 382 g/mol. The number of hydrogen-bond donors (Lipinski definition) is 1. The highest BCUT2D eigenvalue weighted by atomic mass is 16.5. The molecule has 1 fully saturated rings. The summed E-state index contributed by atoms with van der Waals surface area (Å²) in [6, 6.07) is 7.65. The molecule has 0 unspecified atom stereocenters. The second-order valence-corrected chi connectivity index (χ2v) is 7.51. The summed E-state index contributed by atoms with van der Waals surface area (Å²) in [6.07, 6.45) is 7.00. The van der Waals surface area contributed by atoms with Gasteiger partial charge in [0.2, 0.25) is 0 Å². The molecule has 28 heavy (non-hydrogen) atoms. The van der Waals surface area contributed by atoms with Crippen LogP contribution in [0.25, 0.3) is 10.9 Å². The van der Waals surface area contributed by atoms with E-state index in [4.69, 9.17) is 14.5 Å². The van der Waals surface area contributed by atoms with Crippen molar-refractivity contribution in [3.05, 3.63) is 41.1 Å². The van der Waals surface area contributed by atoms with E-state index < -0.39 is 5.97 Å². The van der Waals surface area contributed by atoms with E-state index in [9.17, 15) is 9.59 Å². The number of carbonyl (C=O) groups excluding carboxylic acids is 2. The molecule has 4 rings (SSSR count). The van der Waals surface area contributed by atoms with Crippen molar-refractivity contribution in [2.24, 2.45) is 0 Å². The van der Waals surface area contributed by atoms with Gasteiger partial charge in [-0.3, -0.25) is 9.78 Å². The fourth-order valence-corrected chi connectivity index (χ4v) is 4.07. The van der Waals surface area contributed by atoms with Gasteiger partial charge in [0.05, 0.1) is 17.2 Å². The summed E-state index contributed by atoms with van der Waals surface area (Å²) in [5, 5.41) is 3.59. The fraction of sp³-hybridized carbons (Fsp3) is 0.500. The molecule has 2 aromatic rings. The summed E-state index contributed by atoms with van der Waals surface area (Å²) < 4.78 is 10.9. The van der Waals surface area contributed by atoms with Crippen LogP contribution in [0.5, 0.6) is 0 Å². The number of nitrogens with one attached hydrogen (secondary N) is 1. The van der Waals surface area contributed by atoms with Crippen molar-refractivity contribution in [2.45, 2.75) is 51.0 Å². The molecule has 1 aromatic heterocycles. The highest BCUT2D eigenvalue weighted by molar-refractivity contribution is 6.05. The number of amides is 1. The third-order valence-electron chi connectivity index (χ3n) is 5.51. The first-order chi connectivity index (χ1) is 13.7. The van der Waals surface area contributed by atoms with Crippen molar-refractivity contribution >= 4 is 22.8 Å². The van der Waals surface area contributed by atoms with Crippen LogP contribution >= 0.6 is 0 Å². The van der Waals surface area contributed by atoms with E-state index in [0.717, 1.165) is 73.7 Å². The van der Waals surface area contributed by atoms with Crippen LogP contribution in [0.1, 0.15) is 53.7 Å². The maximum Gasteiger partial charge on any atom is 0.339 e. The van der Waals surface area contributed by atoms with Crippen LogP contribution in [0.15, 0.2) is 24.3 Å². The van der Waals surface area contributed by atoms with E-state index in [1.807, 2.05) is 24.3 Å². The van der Waals surface area contributed by atoms with Crippen molar-refractivity contribution in [1.82, 2.24) is 10.3 Å². The predicted molar refractivity (Wildman–Crippen MR) is 105 cm³/mol. The first kappa shape index (κ1) is 18.9. The first-order valence-electron chi connectivity index (χ1n) is 10.2. The molecular formula is C22H26N2O4. The molecule has 0 saturated carbocycles. The van der Waals surface area contributed by atoms with Gasteiger partial charge in [-0.25, -0.2) is 4.79 Å². The molecular weight excluding hydrogens is 356 g/mol. The molecule has 1 amide bonds. The average Bonchev–Trinajstić information content (AvgIpc) is 3.13. The van der Waals surface area contributed by atoms with Crippen LogP contribution in [-0.4, -0.2) is 42.7 Å². The Labute approximate surface area is 164 Å². The summed E-state index contributed by atoms with van der Waals surface area (Å²) in [5.41, 5.74) is 3.36. The molecule has 0 bridgehead atoms. The normalized spacial score (nSPS) is 19.1. The smallest absolute Gasteiger partial charge is 0.339 e. The van der Waals surface area contributed by atoms with Crippen LogP contribution in [0.3, 0.4) is 0 Å². The number of hydrogen-bond acceptors (Lipinski definition) is 5. The van der Waals surface area contributed by atoms with E-state index in [2.05, 4.69) is 5.32 Å². The van der Waals surface area contributed by atoms with Gasteiger partial charge in [0, 0.05) is 24.2 Å². The Bertz CT molecular complexity index is 874. The van der Waals surface area contributed by atoms with Crippen LogP contribution < -0.4 is 5.32 Å². The number of nitrogens with zero attached hydrogens (tertiary/aromatic N) is 1. The topological polar surface area (TPSA) is 77.5 Å². The summed E-state index contributed by atoms with van der Waals surface area (Å²) >= 11 is 0. The Morgan fingerprint density at radius 2 is 2.00 bits per heavy atom. The number of benzene rings is 1. The van der Waals surface area contributed by atoms with Gasteiger partial charge in [0.1, 0.15) is 0 Å². The van der Waals surface area contributed by atoms with E-state index >= 15 is 0 Å². The largest absolute Gasteiger partial charge is 0.452 e. The van der Waals surface area contributed by atoms with Crippen molar-refractivity contribution in [3.63, 3.8) is 0 Å². The summed E-state index contributed by atoms with van der Waals surface area (Å²) in [4.78, 5) is 29.8. The molecule has 2 heterocycles. The van der Waals surface area contributed by atoms with Crippen molar-refractivity contribution in [2.75, 3.05) is 19.8 Å². The van der Waals surface area contributed by atoms with Crippen molar-refractivity contribution in [1.29, 1.82) is 0 Å². The van der Waals surface area contributed by atoms with Crippen molar-refractivity contribution < 1.29 is 19.1 Å². The maximum absolute atomic E-state index is 13.0. The lowest BCUT2D eigenvalue weighted by Gasteiger charge is -2.15. The standard InChI is InChI=1S/C22H26N2O4/c25-20(23-13-15-7-6-12-27-15)14-28-22(26)21-16-8-2-1-3-10-18(16)24-19-11-5-4-9-17(19)21/h4-5,9,11,15H,1-3,6-8,10,12-14H2,(H,23,25)/t15-/m0/s1. The highest BCUT2D eigenvalue weighted by Crippen LogP contribution is 2.29. The molecule has 6 nitrogen and oxygen atoms in total. The van der Waals surface area contributed by atoms with Crippen LogP contribution in [0.4, 0.5) is 0 Å². The lowest BCUT2D eigenvalue weighted by molar-refractivity contribution is -0.124. The van der Waals surface area contributed by atoms with E-state index in [0.29, 0.717) is 12.1 Å². The van der Waals surface area contributed by atoms with Gasteiger partial charge in [0.15, 0.2) is 6.61 Å². The average molecular weight is 382 g/mol. The summed E-state index contributed by atoms with van der Waals surface area (Å²) in [6.45, 7) is 0.927. The molecule has 1 atom stereocenters. The molecule has 148 valence electrons. The number of aryl methyl sites for hydroxylation is 1. The van der Waals surface area contributed by atoms with Crippen LogP contribution in [-0.2, 0) is 27.1 Å². The fourth-order valence-electron chi connectivity index (χ4n) is 4.07. The van der Waals surface area contributed by atoms with Gasteiger partial charge < -0.3 is 14.8 Å². The number of aromatic nitrogens is 1. The zero-order valence-corrected chi connectivity index (χ0v) is 16.0. The zero-order valence-electron chi connectivity index (χ0n) is 16.0. The molecule has 1 aromatic carbocycles. The Morgan fingerprint density at radius 3 is 2.86 bits per heavy atom. The summed E-state index contributed by atoms with van der Waals surface area (Å²) in [5.74, 6) is -0.739. The van der Waals surface area contributed by atoms with Gasteiger partial charge in [-0.05, 0) is 50.2 Å². The van der Waals surface area contributed by atoms with E-state index in [1.165, 1.54) is 0 Å². The number of fused-ring (bicyclic) bond motifs is 2.